The van der Waals surface area contributed by atoms with Crippen LogP contribution in [0.15, 0.2) is 53.7 Å². The molecule has 29 heavy (non-hydrogen) atoms. The average molecular weight is 504 g/mol. The first kappa shape index (κ1) is 21.0. The number of benzene rings is 1. The molecule has 0 amide bonds. The lowest BCUT2D eigenvalue weighted by Crippen LogP contribution is -2.38. The molecule has 4 rings (SSSR count). The van der Waals surface area contributed by atoms with E-state index in [1.807, 2.05) is 53.1 Å². The molecule has 3 heterocycles. The number of imidazole rings is 1. The Bertz CT molecular complexity index is 1050. The smallest absolute Gasteiger partial charge is 0.191 e. The van der Waals surface area contributed by atoms with Gasteiger partial charge in [0.25, 0.3) is 0 Å². The third kappa shape index (κ3) is 5.22. The largest absolute Gasteiger partial charge is 0.357 e. The summed E-state index contributed by atoms with van der Waals surface area (Å²) in [7, 11) is 0. The highest BCUT2D eigenvalue weighted by Crippen LogP contribution is 2.11. The summed E-state index contributed by atoms with van der Waals surface area (Å²) in [4.78, 5) is 12.6. The summed E-state index contributed by atoms with van der Waals surface area (Å²) in [5.74, 6) is 2.61. The molecule has 0 spiro atoms. The van der Waals surface area contributed by atoms with Gasteiger partial charge in [-0.15, -0.1) is 34.2 Å². The van der Waals surface area contributed by atoms with Crippen LogP contribution in [0.4, 0.5) is 0 Å². The fourth-order valence-electron chi connectivity index (χ4n) is 3.08. The number of halogens is 1. The number of hydrogen-bond acceptors (Lipinski definition) is 4. The van der Waals surface area contributed by atoms with Crippen molar-refractivity contribution in [3.8, 4) is 0 Å². The van der Waals surface area contributed by atoms with Gasteiger partial charge in [-0.05, 0) is 37.6 Å². The van der Waals surface area contributed by atoms with Crippen molar-refractivity contribution in [3.05, 3.63) is 60.3 Å². The Morgan fingerprint density at radius 2 is 1.97 bits per heavy atom. The minimum atomic E-state index is 0. The molecule has 4 aromatic rings. The van der Waals surface area contributed by atoms with Gasteiger partial charge in [-0.25, -0.2) is 9.98 Å². The van der Waals surface area contributed by atoms with Gasteiger partial charge < -0.3 is 15.6 Å². The van der Waals surface area contributed by atoms with Crippen molar-refractivity contribution in [2.75, 3.05) is 13.1 Å². The standard InChI is InChI=1S/C20H24N8.HI/c1-2-21-20(23-14-19-27-26-18-11-5-6-13-28(18)19)22-12-7-10-17-24-15-8-3-4-9-16(15)25-17;/h3-6,8-9,11,13H,2,7,10,12,14H2,1H3,(H,24,25)(H2,21,22,23);1H. The summed E-state index contributed by atoms with van der Waals surface area (Å²) < 4.78 is 1.95. The van der Waals surface area contributed by atoms with Crippen molar-refractivity contribution in [2.24, 2.45) is 4.99 Å². The number of aliphatic imine (C=N–C) groups is 1. The molecule has 152 valence electrons. The summed E-state index contributed by atoms with van der Waals surface area (Å²) in [6.45, 7) is 4.13. The highest BCUT2D eigenvalue weighted by Gasteiger charge is 2.05. The summed E-state index contributed by atoms with van der Waals surface area (Å²) >= 11 is 0. The zero-order valence-corrected chi connectivity index (χ0v) is 18.6. The van der Waals surface area contributed by atoms with Crippen LogP contribution in [0, 0.1) is 0 Å². The van der Waals surface area contributed by atoms with Gasteiger partial charge >= 0.3 is 0 Å². The van der Waals surface area contributed by atoms with E-state index in [1.54, 1.807) is 0 Å². The van der Waals surface area contributed by atoms with Crippen LogP contribution in [0.3, 0.4) is 0 Å². The number of para-hydroxylation sites is 2. The van der Waals surface area contributed by atoms with Crippen LogP contribution >= 0.6 is 24.0 Å². The van der Waals surface area contributed by atoms with Gasteiger partial charge in [-0.1, -0.05) is 18.2 Å². The van der Waals surface area contributed by atoms with Crippen LogP contribution in [0.1, 0.15) is 25.0 Å². The van der Waals surface area contributed by atoms with Gasteiger partial charge in [0.05, 0.1) is 11.0 Å². The maximum atomic E-state index is 4.63. The number of aromatic amines is 1. The molecule has 9 heteroatoms. The molecule has 0 radical (unpaired) electrons. The number of aromatic nitrogens is 5. The zero-order chi connectivity index (χ0) is 19.2. The molecule has 1 aromatic carbocycles. The minimum absolute atomic E-state index is 0. The highest BCUT2D eigenvalue weighted by atomic mass is 127. The lowest BCUT2D eigenvalue weighted by atomic mass is 10.3. The van der Waals surface area contributed by atoms with Crippen molar-refractivity contribution in [3.63, 3.8) is 0 Å². The van der Waals surface area contributed by atoms with Gasteiger partial charge in [-0.3, -0.25) is 4.40 Å². The van der Waals surface area contributed by atoms with E-state index in [1.165, 1.54) is 0 Å². The van der Waals surface area contributed by atoms with Gasteiger partial charge in [0.15, 0.2) is 17.4 Å². The van der Waals surface area contributed by atoms with Gasteiger partial charge in [0.2, 0.25) is 0 Å². The number of pyridine rings is 1. The van der Waals surface area contributed by atoms with Crippen molar-refractivity contribution in [1.82, 2.24) is 35.2 Å². The van der Waals surface area contributed by atoms with Crippen LogP contribution in [0.2, 0.25) is 0 Å². The number of guanidine groups is 1. The SMILES string of the molecule is CCNC(=NCc1nnc2ccccn12)NCCCc1nc2ccccc2[nH]1.I. The molecule has 0 aliphatic carbocycles. The third-order valence-electron chi connectivity index (χ3n) is 4.43. The second-order valence-corrected chi connectivity index (χ2v) is 6.47. The van der Waals surface area contributed by atoms with E-state index in [0.717, 1.165) is 60.2 Å². The maximum Gasteiger partial charge on any atom is 0.191 e. The summed E-state index contributed by atoms with van der Waals surface area (Å²) in [5, 5.41) is 15.0. The van der Waals surface area contributed by atoms with Crippen molar-refractivity contribution >= 4 is 46.6 Å². The lowest BCUT2D eigenvalue weighted by Gasteiger charge is -2.10. The first-order valence-corrected chi connectivity index (χ1v) is 9.58. The Kier molecular flexibility index (Phi) is 7.39. The van der Waals surface area contributed by atoms with Gasteiger partial charge in [0.1, 0.15) is 12.4 Å². The predicted octanol–water partition coefficient (Wildman–Crippen LogP) is 2.91. The Hall–Kier alpha value is -2.69. The summed E-state index contributed by atoms with van der Waals surface area (Å²) in [6.07, 6.45) is 3.79. The molecule has 0 aliphatic heterocycles. The lowest BCUT2D eigenvalue weighted by molar-refractivity contribution is 0.724. The quantitative estimate of drug-likeness (QED) is 0.156. The molecule has 0 saturated carbocycles. The summed E-state index contributed by atoms with van der Waals surface area (Å²) in [6, 6.07) is 13.9. The van der Waals surface area contributed by atoms with E-state index in [0.29, 0.717) is 6.54 Å². The molecule has 0 unspecified atom stereocenters. The Morgan fingerprint density at radius 3 is 2.83 bits per heavy atom. The Labute approximate surface area is 186 Å². The molecule has 0 fully saturated rings. The Balaban J connectivity index is 0.00000240. The van der Waals surface area contributed by atoms with Gasteiger partial charge in [-0.2, -0.15) is 0 Å². The fraction of sp³-hybridized carbons (Fsp3) is 0.300. The number of fused-ring (bicyclic) bond motifs is 2. The fourth-order valence-corrected chi connectivity index (χ4v) is 3.08. The van der Waals surface area contributed by atoms with E-state index in [9.17, 15) is 0 Å². The van der Waals surface area contributed by atoms with E-state index >= 15 is 0 Å². The van der Waals surface area contributed by atoms with Crippen LogP contribution in [0.25, 0.3) is 16.7 Å². The minimum Gasteiger partial charge on any atom is -0.357 e. The molecule has 0 saturated heterocycles. The van der Waals surface area contributed by atoms with Gasteiger partial charge in [0, 0.05) is 25.7 Å². The number of hydrogen-bond donors (Lipinski definition) is 3. The van der Waals surface area contributed by atoms with E-state index in [2.05, 4.69) is 42.7 Å². The molecule has 3 N–H and O–H groups in total. The van der Waals surface area contributed by atoms with Crippen molar-refractivity contribution in [1.29, 1.82) is 0 Å². The molecular weight excluding hydrogens is 479 g/mol. The van der Waals surface area contributed by atoms with Crippen LogP contribution in [0.5, 0.6) is 0 Å². The normalized spacial score (nSPS) is 11.6. The Morgan fingerprint density at radius 1 is 1.10 bits per heavy atom. The van der Waals surface area contributed by atoms with E-state index in [4.69, 9.17) is 0 Å². The van der Waals surface area contributed by atoms with Crippen molar-refractivity contribution in [2.45, 2.75) is 26.3 Å². The molecule has 0 atom stereocenters. The van der Waals surface area contributed by atoms with Crippen LogP contribution in [-0.4, -0.2) is 43.6 Å². The molecule has 0 bridgehead atoms. The second kappa shape index (κ2) is 10.2. The van der Waals surface area contributed by atoms with E-state index in [-0.39, 0.29) is 24.0 Å². The second-order valence-electron chi connectivity index (χ2n) is 6.47. The molecular formula is C20H25IN8. The number of nitrogens with one attached hydrogen (secondary N) is 3. The molecule has 8 nitrogen and oxygen atoms in total. The average Bonchev–Trinajstić information content (AvgIpc) is 3.33. The number of aryl methyl sites for hydroxylation is 1. The monoisotopic (exact) mass is 504 g/mol. The number of H-pyrrole nitrogens is 1. The topological polar surface area (TPSA) is 95.3 Å². The van der Waals surface area contributed by atoms with Crippen LogP contribution < -0.4 is 10.6 Å². The summed E-state index contributed by atoms with van der Waals surface area (Å²) in [5.41, 5.74) is 2.93. The number of nitrogens with zero attached hydrogens (tertiary/aromatic N) is 5. The zero-order valence-electron chi connectivity index (χ0n) is 16.3. The molecule has 0 aliphatic rings. The third-order valence-corrected chi connectivity index (χ3v) is 4.43. The van der Waals surface area contributed by atoms with Crippen LogP contribution in [-0.2, 0) is 13.0 Å². The first-order valence-electron chi connectivity index (χ1n) is 9.58. The number of rotatable bonds is 7. The predicted molar refractivity (Wildman–Crippen MR) is 126 cm³/mol. The highest BCUT2D eigenvalue weighted by molar-refractivity contribution is 14.0. The first-order chi connectivity index (χ1) is 13.8. The van der Waals surface area contributed by atoms with E-state index < -0.39 is 0 Å². The maximum absolute atomic E-state index is 4.63. The molecule has 3 aromatic heterocycles. The van der Waals surface area contributed by atoms with Crippen molar-refractivity contribution < 1.29 is 0 Å².